The fourth-order valence-corrected chi connectivity index (χ4v) is 3.22. The molecule has 0 saturated carbocycles. The minimum absolute atomic E-state index is 0.738. The van der Waals surface area contributed by atoms with Crippen LogP contribution in [-0.4, -0.2) is 7.05 Å². The van der Waals surface area contributed by atoms with Crippen LogP contribution in [0.15, 0.2) is 52.3 Å². The van der Waals surface area contributed by atoms with Crippen molar-refractivity contribution in [1.29, 1.82) is 0 Å². The Bertz CT molecular complexity index is 543. The van der Waals surface area contributed by atoms with Crippen molar-refractivity contribution in [3.8, 4) is 0 Å². The molecule has 18 heavy (non-hydrogen) atoms. The Balaban J connectivity index is 2.33. The first kappa shape index (κ1) is 13.8. The van der Waals surface area contributed by atoms with Crippen LogP contribution < -0.4 is 5.32 Å². The van der Waals surface area contributed by atoms with E-state index in [-0.39, 0.29) is 0 Å². The quantitative estimate of drug-likeness (QED) is 0.864. The largest absolute Gasteiger partial charge is 0.316 e. The van der Waals surface area contributed by atoms with E-state index in [2.05, 4.69) is 11.4 Å². The van der Waals surface area contributed by atoms with E-state index in [4.69, 9.17) is 23.2 Å². The Morgan fingerprint density at radius 2 is 1.89 bits per heavy atom. The number of halogens is 2. The summed E-state index contributed by atoms with van der Waals surface area (Å²) in [6.45, 7) is 0.795. The van der Waals surface area contributed by atoms with Crippen molar-refractivity contribution in [1.82, 2.24) is 5.32 Å². The molecule has 0 saturated heterocycles. The summed E-state index contributed by atoms with van der Waals surface area (Å²) < 4.78 is 0. The maximum absolute atomic E-state index is 6.27. The first-order chi connectivity index (χ1) is 8.70. The highest BCUT2D eigenvalue weighted by Crippen LogP contribution is 2.36. The number of hydrogen-bond donors (Lipinski definition) is 1. The Labute approximate surface area is 121 Å². The molecule has 0 radical (unpaired) electrons. The molecule has 0 atom stereocenters. The van der Waals surface area contributed by atoms with E-state index in [9.17, 15) is 0 Å². The highest BCUT2D eigenvalue weighted by Gasteiger charge is 2.08. The summed E-state index contributed by atoms with van der Waals surface area (Å²) in [7, 11) is 1.93. The molecule has 0 aliphatic heterocycles. The fourth-order valence-electron chi connectivity index (χ4n) is 1.65. The van der Waals surface area contributed by atoms with Crippen molar-refractivity contribution in [2.45, 2.75) is 16.3 Å². The van der Waals surface area contributed by atoms with Gasteiger partial charge in [-0.2, -0.15) is 0 Å². The molecule has 94 valence electrons. The predicted octanol–water partition coefficient (Wildman–Crippen LogP) is 4.86. The number of nitrogens with one attached hydrogen (secondary N) is 1. The third-order valence-corrected chi connectivity index (χ3v) is 4.27. The summed E-state index contributed by atoms with van der Waals surface area (Å²) in [6, 6.07) is 13.7. The van der Waals surface area contributed by atoms with Crippen molar-refractivity contribution in [3.63, 3.8) is 0 Å². The Hall–Kier alpha value is -0.670. The average Bonchev–Trinajstić information content (AvgIpc) is 2.34. The second kappa shape index (κ2) is 6.48. The zero-order valence-corrected chi connectivity index (χ0v) is 12.2. The van der Waals surface area contributed by atoms with Crippen molar-refractivity contribution in [2.24, 2.45) is 0 Å². The molecule has 0 amide bonds. The average molecular weight is 298 g/mol. The molecule has 2 rings (SSSR count). The zero-order chi connectivity index (χ0) is 13.0. The van der Waals surface area contributed by atoms with Gasteiger partial charge in [0.05, 0.1) is 5.02 Å². The molecule has 0 unspecified atom stereocenters. The number of rotatable bonds is 4. The Morgan fingerprint density at radius 3 is 2.61 bits per heavy atom. The third kappa shape index (κ3) is 3.42. The third-order valence-electron chi connectivity index (χ3n) is 2.43. The van der Waals surface area contributed by atoms with E-state index in [0.717, 1.165) is 26.4 Å². The van der Waals surface area contributed by atoms with Crippen LogP contribution >= 0.6 is 35.0 Å². The standard InChI is InChI=1S/C14H13Cl2NS/c1-17-9-10-4-2-7-13(16)14(10)18-12-6-3-5-11(15)8-12/h2-8,17H,9H2,1H3. The lowest BCUT2D eigenvalue weighted by Gasteiger charge is -2.10. The lowest BCUT2D eigenvalue weighted by Crippen LogP contribution is -2.06. The highest BCUT2D eigenvalue weighted by molar-refractivity contribution is 7.99. The minimum atomic E-state index is 0.738. The summed E-state index contributed by atoms with van der Waals surface area (Å²) in [5, 5.41) is 4.66. The van der Waals surface area contributed by atoms with Gasteiger partial charge in [-0.1, -0.05) is 53.2 Å². The van der Waals surface area contributed by atoms with E-state index in [1.54, 1.807) is 11.8 Å². The maximum atomic E-state index is 6.27. The van der Waals surface area contributed by atoms with Gasteiger partial charge in [-0.3, -0.25) is 0 Å². The minimum Gasteiger partial charge on any atom is -0.316 e. The molecule has 4 heteroatoms. The molecule has 0 heterocycles. The molecule has 0 aliphatic carbocycles. The zero-order valence-electron chi connectivity index (χ0n) is 9.91. The van der Waals surface area contributed by atoms with Gasteiger partial charge in [-0.25, -0.2) is 0 Å². The van der Waals surface area contributed by atoms with E-state index < -0.39 is 0 Å². The van der Waals surface area contributed by atoms with Crippen LogP contribution in [-0.2, 0) is 6.54 Å². The first-order valence-electron chi connectivity index (χ1n) is 5.56. The second-order valence-corrected chi connectivity index (χ2v) is 5.75. The van der Waals surface area contributed by atoms with Crippen LogP contribution in [0.4, 0.5) is 0 Å². The van der Waals surface area contributed by atoms with Gasteiger partial charge in [0, 0.05) is 21.4 Å². The highest BCUT2D eigenvalue weighted by atomic mass is 35.5. The van der Waals surface area contributed by atoms with Crippen molar-refractivity contribution >= 4 is 35.0 Å². The van der Waals surface area contributed by atoms with Crippen molar-refractivity contribution in [2.75, 3.05) is 7.05 Å². The van der Waals surface area contributed by atoms with Crippen LogP contribution in [0.25, 0.3) is 0 Å². The topological polar surface area (TPSA) is 12.0 Å². The Morgan fingerprint density at radius 1 is 1.11 bits per heavy atom. The van der Waals surface area contributed by atoms with E-state index in [1.807, 2.05) is 43.4 Å². The summed E-state index contributed by atoms with van der Waals surface area (Å²) in [5.41, 5.74) is 1.19. The van der Waals surface area contributed by atoms with Gasteiger partial charge in [-0.05, 0) is 36.9 Å². The molecule has 0 fully saturated rings. The predicted molar refractivity (Wildman–Crippen MR) is 79.8 cm³/mol. The van der Waals surface area contributed by atoms with Gasteiger partial charge in [0.2, 0.25) is 0 Å². The molecule has 0 aromatic heterocycles. The van der Waals surface area contributed by atoms with Gasteiger partial charge in [-0.15, -0.1) is 0 Å². The molecule has 0 spiro atoms. The summed E-state index contributed by atoms with van der Waals surface area (Å²) in [4.78, 5) is 2.17. The van der Waals surface area contributed by atoms with Gasteiger partial charge in [0.1, 0.15) is 0 Å². The molecular weight excluding hydrogens is 285 g/mol. The van der Waals surface area contributed by atoms with Gasteiger partial charge < -0.3 is 5.32 Å². The molecule has 0 bridgehead atoms. The molecular formula is C14H13Cl2NS. The van der Waals surface area contributed by atoms with Crippen molar-refractivity contribution < 1.29 is 0 Å². The first-order valence-corrected chi connectivity index (χ1v) is 7.13. The van der Waals surface area contributed by atoms with E-state index >= 15 is 0 Å². The number of benzene rings is 2. The molecule has 1 N–H and O–H groups in total. The lowest BCUT2D eigenvalue weighted by molar-refractivity contribution is 0.803. The van der Waals surface area contributed by atoms with Gasteiger partial charge >= 0.3 is 0 Å². The molecule has 1 nitrogen and oxygen atoms in total. The maximum Gasteiger partial charge on any atom is 0.0548 e. The smallest absolute Gasteiger partial charge is 0.0548 e. The monoisotopic (exact) mass is 297 g/mol. The van der Waals surface area contributed by atoms with Crippen LogP contribution in [0, 0.1) is 0 Å². The second-order valence-electron chi connectivity index (χ2n) is 3.82. The van der Waals surface area contributed by atoms with E-state index in [0.29, 0.717) is 0 Å². The molecule has 2 aromatic carbocycles. The molecule has 2 aromatic rings. The van der Waals surface area contributed by atoms with Crippen LogP contribution in [0.1, 0.15) is 5.56 Å². The fraction of sp³-hybridized carbons (Fsp3) is 0.143. The van der Waals surface area contributed by atoms with Crippen LogP contribution in [0.3, 0.4) is 0 Å². The lowest BCUT2D eigenvalue weighted by atomic mass is 10.2. The summed E-state index contributed by atoms with van der Waals surface area (Å²) in [6.07, 6.45) is 0. The van der Waals surface area contributed by atoms with Gasteiger partial charge in [0.25, 0.3) is 0 Å². The summed E-state index contributed by atoms with van der Waals surface area (Å²) in [5.74, 6) is 0. The molecule has 0 aliphatic rings. The van der Waals surface area contributed by atoms with Crippen LogP contribution in [0.2, 0.25) is 10.0 Å². The van der Waals surface area contributed by atoms with E-state index in [1.165, 1.54) is 5.56 Å². The summed E-state index contributed by atoms with van der Waals surface area (Å²) >= 11 is 13.9. The Kier molecular flexibility index (Phi) is 4.95. The van der Waals surface area contributed by atoms with Gasteiger partial charge in [0.15, 0.2) is 0 Å². The van der Waals surface area contributed by atoms with Crippen LogP contribution in [0.5, 0.6) is 0 Å². The SMILES string of the molecule is CNCc1cccc(Cl)c1Sc1cccc(Cl)c1. The normalized spacial score (nSPS) is 10.6. The van der Waals surface area contributed by atoms with Crippen molar-refractivity contribution in [3.05, 3.63) is 58.1 Å². The number of hydrogen-bond acceptors (Lipinski definition) is 2.